The van der Waals surface area contributed by atoms with Crippen LogP contribution in [-0.2, 0) is 19.6 Å². The lowest BCUT2D eigenvalue weighted by atomic mass is 10.1. The summed E-state index contributed by atoms with van der Waals surface area (Å²) >= 11 is 6.02. The van der Waals surface area contributed by atoms with Gasteiger partial charge in [0.15, 0.2) is 11.5 Å². The summed E-state index contributed by atoms with van der Waals surface area (Å²) in [6, 6.07) is 21.9. The Labute approximate surface area is 208 Å². The maximum atomic E-state index is 13.2. The van der Waals surface area contributed by atoms with Gasteiger partial charge in [0.25, 0.3) is 5.56 Å². The maximum absolute atomic E-state index is 13.2. The zero-order chi connectivity index (χ0) is 24.8. The van der Waals surface area contributed by atoms with E-state index in [9.17, 15) is 9.59 Å². The summed E-state index contributed by atoms with van der Waals surface area (Å²) in [6.07, 6.45) is 0. The van der Waals surface area contributed by atoms with Crippen molar-refractivity contribution in [3.8, 4) is 11.5 Å². The molecule has 7 nitrogen and oxygen atoms in total. The highest BCUT2D eigenvalue weighted by molar-refractivity contribution is 6.30. The number of H-pyrrole nitrogens is 1. The number of rotatable bonds is 8. The fraction of sp³-hybridized carbons (Fsp3) is 0.185. The van der Waals surface area contributed by atoms with E-state index in [4.69, 9.17) is 21.1 Å². The molecule has 0 radical (unpaired) electrons. The first kappa shape index (κ1) is 24.2. The van der Waals surface area contributed by atoms with E-state index in [1.165, 1.54) is 0 Å². The van der Waals surface area contributed by atoms with Gasteiger partial charge in [-0.25, -0.2) is 4.79 Å². The molecule has 0 spiro atoms. The van der Waals surface area contributed by atoms with E-state index in [0.29, 0.717) is 40.7 Å². The molecule has 0 saturated carbocycles. The van der Waals surface area contributed by atoms with Gasteiger partial charge in [0, 0.05) is 35.1 Å². The number of hydrogen-bond acceptors (Lipinski definition) is 4. The third-order valence-electron chi connectivity index (χ3n) is 5.65. The molecule has 2 N–H and O–H groups in total. The number of hydrogen-bond donors (Lipinski definition) is 2. The van der Waals surface area contributed by atoms with Crippen molar-refractivity contribution in [2.24, 2.45) is 0 Å². The number of aromatic amines is 1. The summed E-state index contributed by atoms with van der Waals surface area (Å²) in [5.41, 5.74) is 2.68. The monoisotopic (exact) mass is 491 g/mol. The van der Waals surface area contributed by atoms with E-state index in [2.05, 4.69) is 10.3 Å². The van der Waals surface area contributed by atoms with Crippen LogP contribution in [0.4, 0.5) is 4.79 Å². The molecule has 35 heavy (non-hydrogen) atoms. The third-order valence-corrected chi connectivity index (χ3v) is 5.90. The van der Waals surface area contributed by atoms with Crippen molar-refractivity contribution in [3.63, 3.8) is 0 Å². The van der Waals surface area contributed by atoms with Gasteiger partial charge in [0.05, 0.1) is 26.3 Å². The number of fused-ring (bicyclic) bond motifs is 1. The molecule has 0 fully saturated rings. The molecule has 0 aliphatic carbocycles. The van der Waals surface area contributed by atoms with Crippen LogP contribution in [0.25, 0.3) is 10.9 Å². The van der Waals surface area contributed by atoms with E-state index in [-0.39, 0.29) is 18.1 Å². The van der Waals surface area contributed by atoms with Crippen LogP contribution in [-0.4, -0.2) is 30.1 Å². The van der Waals surface area contributed by atoms with Crippen molar-refractivity contribution in [2.45, 2.75) is 19.6 Å². The number of carbonyl (C=O) groups excluding carboxylic acids is 1. The minimum Gasteiger partial charge on any atom is -0.493 e. The Morgan fingerprint density at radius 3 is 2.29 bits per heavy atom. The van der Waals surface area contributed by atoms with Crippen molar-refractivity contribution >= 4 is 28.5 Å². The van der Waals surface area contributed by atoms with Gasteiger partial charge in [-0.15, -0.1) is 0 Å². The van der Waals surface area contributed by atoms with Gasteiger partial charge in [-0.05, 0) is 35.4 Å². The lowest BCUT2D eigenvalue weighted by molar-refractivity contribution is 0.191. The number of nitrogens with one attached hydrogen (secondary N) is 2. The Morgan fingerprint density at radius 2 is 1.60 bits per heavy atom. The van der Waals surface area contributed by atoms with Crippen LogP contribution < -0.4 is 20.3 Å². The number of pyridine rings is 1. The van der Waals surface area contributed by atoms with Gasteiger partial charge in [0.2, 0.25) is 0 Å². The molecule has 4 rings (SSSR count). The van der Waals surface area contributed by atoms with Crippen molar-refractivity contribution in [1.82, 2.24) is 15.2 Å². The molecule has 0 bridgehead atoms. The first-order valence-electron chi connectivity index (χ1n) is 11.1. The summed E-state index contributed by atoms with van der Waals surface area (Å²) in [6.45, 7) is 0.798. The normalized spacial score (nSPS) is 10.7. The van der Waals surface area contributed by atoms with Crippen molar-refractivity contribution in [1.29, 1.82) is 0 Å². The van der Waals surface area contributed by atoms with Gasteiger partial charge >= 0.3 is 6.03 Å². The largest absolute Gasteiger partial charge is 0.493 e. The summed E-state index contributed by atoms with van der Waals surface area (Å²) in [5, 5.41) is 4.34. The predicted molar refractivity (Wildman–Crippen MR) is 137 cm³/mol. The molecular formula is C27H26ClN3O4. The topological polar surface area (TPSA) is 83.7 Å². The third kappa shape index (κ3) is 5.94. The summed E-state index contributed by atoms with van der Waals surface area (Å²) < 4.78 is 10.7. The fourth-order valence-corrected chi connectivity index (χ4v) is 3.92. The van der Waals surface area contributed by atoms with E-state index in [1.54, 1.807) is 49.5 Å². The Balaban J connectivity index is 1.63. The average Bonchev–Trinajstić information content (AvgIpc) is 2.88. The lowest BCUT2D eigenvalue weighted by Gasteiger charge is -2.23. The molecule has 8 heteroatoms. The Morgan fingerprint density at radius 1 is 0.914 bits per heavy atom. The first-order valence-corrected chi connectivity index (χ1v) is 11.4. The van der Waals surface area contributed by atoms with Gasteiger partial charge in [-0.3, -0.25) is 4.79 Å². The van der Waals surface area contributed by atoms with E-state index in [1.807, 2.05) is 42.5 Å². The number of halogens is 1. The summed E-state index contributed by atoms with van der Waals surface area (Å²) in [5.74, 6) is 1.07. The molecule has 1 aromatic heterocycles. The molecule has 3 aromatic carbocycles. The molecule has 0 aliphatic heterocycles. The van der Waals surface area contributed by atoms with E-state index >= 15 is 0 Å². The number of methoxy groups -OCH3 is 2. The van der Waals surface area contributed by atoms with Crippen molar-refractivity contribution in [3.05, 3.63) is 105 Å². The molecule has 0 unspecified atom stereocenters. The number of aromatic nitrogens is 1. The SMILES string of the molecule is COc1cc2cc(CN(Cc3ccc(Cl)cc3)C(=O)NCc3ccccc3)c(=O)[nH]c2cc1OC. The van der Waals surface area contributed by atoms with Crippen molar-refractivity contribution in [2.75, 3.05) is 14.2 Å². The van der Waals surface area contributed by atoms with Gasteiger partial charge < -0.3 is 24.7 Å². The van der Waals surface area contributed by atoms with Gasteiger partial charge in [-0.1, -0.05) is 54.1 Å². The van der Waals surface area contributed by atoms with Crippen LogP contribution in [0.1, 0.15) is 16.7 Å². The number of ether oxygens (including phenoxy) is 2. The zero-order valence-electron chi connectivity index (χ0n) is 19.5. The molecule has 4 aromatic rings. The highest BCUT2D eigenvalue weighted by Gasteiger charge is 2.18. The Kier molecular flexibility index (Phi) is 7.57. The second kappa shape index (κ2) is 11.0. The molecule has 0 atom stereocenters. The second-order valence-corrected chi connectivity index (χ2v) is 8.48. The predicted octanol–water partition coefficient (Wildman–Crippen LogP) is 5.11. The minimum atomic E-state index is -0.282. The minimum absolute atomic E-state index is 0.114. The highest BCUT2D eigenvalue weighted by atomic mass is 35.5. The fourth-order valence-electron chi connectivity index (χ4n) is 3.80. The summed E-state index contributed by atoms with van der Waals surface area (Å²) in [4.78, 5) is 30.6. The molecule has 1 heterocycles. The Bertz CT molecular complexity index is 1370. The maximum Gasteiger partial charge on any atom is 0.318 e. The number of urea groups is 1. The Hall–Kier alpha value is -3.97. The smallest absolute Gasteiger partial charge is 0.318 e. The van der Waals surface area contributed by atoms with Crippen LogP contribution in [0.3, 0.4) is 0 Å². The molecule has 180 valence electrons. The molecular weight excluding hydrogens is 466 g/mol. The first-order chi connectivity index (χ1) is 17.0. The quantitative estimate of drug-likeness (QED) is 0.359. The van der Waals surface area contributed by atoms with E-state index in [0.717, 1.165) is 16.5 Å². The van der Waals surface area contributed by atoms with Crippen LogP contribution in [0.15, 0.2) is 77.6 Å². The van der Waals surface area contributed by atoms with E-state index < -0.39 is 0 Å². The number of nitrogens with zero attached hydrogens (tertiary/aromatic N) is 1. The zero-order valence-corrected chi connectivity index (χ0v) is 20.3. The molecule has 0 saturated heterocycles. The van der Waals surface area contributed by atoms with Crippen LogP contribution in [0.5, 0.6) is 11.5 Å². The second-order valence-electron chi connectivity index (χ2n) is 8.04. The molecule has 0 aliphatic rings. The summed E-state index contributed by atoms with van der Waals surface area (Å²) in [7, 11) is 3.10. The standard InChI is InChI=1S/C27H26ClN3O4/c1-34-24-13-20-12-21(26(32)30-23(20)14-25(24)35-2)17-31(16-19-8-10-22(28)11-9-19)27(33)29-15-18-6-4-3-5-7-18/h3-14H,15-17H2,1-2H3,(H,29,33)(H,30,32). The molecule has 2 amide bonds. The average molecular weight is 492 g/mol. The van der Waals surface area contributed by atoms with Gasteiger partial charge in [-0.2, -0.15) is 0 Å². The highest BCUT2D eigenvalue weighted by Crippen LogP contribution is 2.31. The van der Waals surface area contributed by atoms with Crippen LogP contribution >= 0.6 is 11.6 Å². The van der Waals surface area contributed by atoms with Crippen molar-refractivity contribution < 1.29 is 14.3 Å². The number of amides is 2. The van der Waals surface area contributed by atoms with Crippen LogP contribution in [0.2, 0.25) is 5.02 Å². The lowest BCUT2D eigenvalue weighted by Crippen LogP contribution is -2.39. The van der Waals surface area contributed by atoms with Crippen LogP contribution in [0, 0.1) is 0 Å². The number of carbonyl (C=O) groups is 1. The number of benzene rings is 3. The van der Waals surface area contributed by atoms with Gasteiger partial charge in [0.1, 0.15) is 0 Å².